The number of carboxylic acid groups (broad SMARTS) is 2. The van der Waals surface area contributed by atoms with E-state index in [1.54, 1.807) is 48.5 Å². The molecule has 4 amide bonds. The molecule has 0 radical (unpaired) electrons. The fourth-order valence-electron chi connectivity index (χ4n) is 5.28. The van der Waals surface area contributed by atoms with Crippen LogP contribution in [-0.4, -0.2) is 88.4 Å². The van der Waals surface area contributed by atoms with Crippen molar-refractivity contribution in [3.8, 4) is 5.75 Å². The number of hydrogen-bond acceptors (Lipinski definition) is 9. The fraction of sp³-hybridized carbons (Fsp3) is 0.351. The zero-order valence-corrected chi connectivity index (χ0v) is 29.1. The van der Waals surface area contributed by atoms with Crippen molar-refractivity contribution in [2.75, 3.05) is 12.3 Å². The Morgan fingerprint density at radius 3 is 1.83 bits per heavy atom. The summed E-state index contributed by atoms with van der Waals surface area (Å²) in [5.74, 6) is -4.29. The molecule has 3 aromatic carbocycles. The number of benzene rings is 3. The highest BCUT2D eigenvalue weighted by Crippen LogP contribution is 2.24. The molecule has 5 atom stereocenters. The van der Waals surface area contributed by atoms with Crippen LogP contribution in [0.5, 0.6) is 5.75 Å². The molecule has 1 fully saturated rings. The molecule has 3 aromatic rings. The molecule has 1 heterocycles. The van der Waals surface area contributed by atoms with Crippen molar-refractivity contribution in [2.24, 2.45) is 0 Å². The molecular weight excluding hydrogens is 692 g/mol. The number of carbonyl (C=O) groups excluding carboxylic acids is 4. The number of carbonyl (C=O) groups is 6. The highest BCUT2D eigenvalue weighted by atomic mass is 32.1. The van der Waals surface area contributed by atoms with Crippen LogP contribution in [0.4, 0.5) is 0 Å². The van der Waals surface area contributed by atoms with Gasteiger partial charge in [-0.2, -0.15) is 12.6 Å². The van der Waals surface area contributed by atoms with Gasteiger partial charge in [-0.3, -0.25) is 24.0 Å². The number of aliphatic carboxylic acids is 2. The third-order valence-corrected chi connectivity index (χ3v) is 8.30. The topological polar surface area (TPSA) is 213 Å². The summed E-state index contributed by atoms with van der Waals surface area (Å²) in [4.78, 5) is 75.7. The van der Waals surface area contributed by atoms with Crippen molar-refractivity contribution in [2.45, 2.75) is 69.0 Å². The fourth-order valence-corrected chi connectivity index (χ4v) is 5.39. The Hall–Kier alpha value is -5.41. The number of epoxide rings is 1. The van der Waals surface area contributed by atoms with Crippen LogP contribution in [0, 0.1) is 0 Å². The van der Waals surface area contributed by atoms with E-state index in [-0.39, 0.29) is 38.6 Å². The zero-order valence-electron chi connectivity index (χ0n) is 28.2. The lowest BCUT2D eigenvalue weighted by Gasteiger charge is -2.23. The van der Waals surface area contributed by atoms with Crippen LogP contribution in [0.25, 0.3) is 0 Å². The molecule has 0 aromatic heterocycles. The summed E-state index contributed by atoms with van der Waals surface area (Å²) in [6, 6.07) is 21.7. The average molecular weight is 735 g/mol. The first-order valence-corrected chi connectivity index (χ1v) is 17.4. The SMILES string of the molecule is O=C(O)CCC[C@H](NC(=O)[C@H]1O[C@@H]1C(=O)N[C@@H](Cc1ccc(OCc2ccccc2)cc1)C(=O)O)C(=O)N[C@@H](Cc1ccccc1)C(=O)NCCS. The van der Waals surface area contributed by atoms with Gasteiger partial charge in [0.05, 0.1) is 0 Å². The molecular formula is C37H42N4O10S. The van der Waals surface area contributed by atoms with Gasteiger partial charge in [-0.15, -0.1) is 0 Å². The monoisotopic (exact) mass is 734 g/mol. The van der Waals surface area contributed by atoms with E-state index in [1.165, 1.54) is 0 Å². The number of carboxylic acids is 2. The van der Waals surface area contributed by atoms with Crippen LogP contribution in [0.1, 0.15) is 36.0 Å². The Morgan fingerprint density at radius 1 is 0.692 bits per heavy atom. The van der Waals surface area contributed by atoms with Crippen molar-refractivity contribution in [3.63, 3.8) is 0 Å². The maximum absolute atomic E-state index is 13.4. The molecule has 0 bridgehead atoms. The lowest BCUT2D eigenvalue weighted by molar-refractivity contribution is -0.142. The molecule has 1 aliphatic rings. The van der Waals surface area contributed by atoms with E-state index in [2.05, 4.69) is 33.9 Å². The van der Waals surface area contributed by atoms with Crippen molar-refractivity contribution in [1.29, 1.82) is 0 Å². The van der Waals surface area contributed by atoms with E-state index in [0.717, 1.165) is 11.1 Å². The summed E-state index contributed by atoms with van der Waals surface area (Å²) >= 11 is 4.10. The largest absolute Gasteiger partial charge is 0.489 e. The third-order valence-electron chi connectivity index (χ3n) is 8.08. The van der Waals surface area contributed by atoms with Gasteiger partial charge < -0.3 is 41.0 Å². The van der Waals surface area contributed by atoms with Gasteiger partial charge in [0.25, 0.3) is 11.8 Å². The van der Waals surface area contributed by atoms with Crippen LogP contribution in [0.3, 0.4) is 0 Å². The van der Waals surface area contributed by atoms with Crippen LogP contribution in [0.15, 0.2) is 84.9 Å². The molecule has 4 rings (SSSR count). The predicted octanol–water partition coefficient (Wildman–Crippen LogP) is 1.66. The summed E-state index contributed by atoms with van der Waals surface area (Å²) in [6.45, 7) is 0.615. The number of amides is 4. The molecule has 52 heavy (non-hydrogen) atoms. The lowest BCUT2D eigenvalue weighted by Crippen LogP contribution is -2.55. The molecule has 276 valence electrons. The van der Waals surface area contributed by atoms with Crippen molar-refractivity contribution in [3.05, 3.63) is 102 Å². The quantitative estimate of drug-likeness (QED) is 0.0621. The number of ether oxygens (including phenoxy) is 2. The van der Waals surface area contributed by atoms with Crippen LogP contribution >= 0.6 is 12.6 Å². The summed E-state index contributed by atoms with van der Waals surface area (Å²) in [5.41, 5.74) is 2.37. The highest BCUT2D eigenvalue weighted by molar-refractivity contribution is 7.80. The molecule has 15 heteroatoms. The maximum atomic E-state index is 13.4. The van der Waals surface area contributed by atoms with Crippen molar-refractivity contribution in [1.82, 2.24) is 21.3 Å². The molecule has 1 saturated heterocycles. The van der Waals surface area contributed by atoms with Crippen molar-refractivity contribution >= 4 is 48.2 Å². The average Bonchev–Trinajstić information content (AvgIpc) is 3.95. The highest BCUT2D eigenvalue weighted by Gasteiger charge is 2.51. The first kappa shape index (κ1) is 39.4. The first-order valence-electron chi connectivity index (χ1n) is 16.7. The molecule has 6 N–H and O–H groups in total. The second-order valence-electron chi connectivity index (χ2n) is 12.1. The molecule has 0 aliphatic carbocycles. The second kappa shape index (κ2) is 19.8. The van der Waals surface area contributed by atoms with E-state index in [1.807, 2.05) is 36.4 Å². The van der Waals surface area contributed by atoms with Gasteiger partial charge in [0, 0.05) is 31.6 Å². The molecule has 1 aliphatic heterocycles. The summed E-state index contributed by atoms with van der Waals surface area (Å²) in [5, 5.41) is 29.2. The number of rotatable bonds is 21. The van der Waals surface area contributed by atoms with Crippen LogP contribution in [0.2, 0.25) is 0 Å². The number of nitrogens with one attached hydrogen (secondary N) is 4. The minimum atomic E-state index is -1.33. The number of hydrogen-bond donors (Lipinski definition) is 7. The minimum absolute atomic E-state index is 0.0265. The Morgan fingerprint density at radius 2 is 1.25 bits per heavy atom. The summed E-state index contributed by atoms with van der Waals surface area (Å²) < 4.78 is 11.1. The van der Waals surface area contributed by atoms with E-state index < -0.39 is 65.9 Å². The van der Waals surface area contributed by atoms with Gasteiger partial charge in [0.1, 0.15) is 30.5 Å². The zero-order chi connectivity index (χ0) is 37.5. The van der Waals surface area contributed by atoms with Gasteiger partial charge in [0.15, 0.2) is 12.2 Å². The molecule has 0 saturated carbocycles. The van der Waals surface area contributed by atoms with E-state index in [0.29, 0.717) is 23.7 Å². The standard InChI is InChI=1S/C37H42N4O10S/c42-30(43)13-7-12-27(34(45)40-28(33(44)38-18-19-52)20-23-8-3-1-4-9-23)39-35(46)31-32(51-31)36(47)41-29(37(48)49)21-24-14-16-26(17-15-24)50-22-25-10-5-2-6-11-25/h1-6,8-11,14-17,27-29,31-32,52H,7,12-13,18-22H2,(H,38,44)(H,39,46)(H,40,45)(H,41,47)(H,42,43)(H,48,49)/t27-,28-,29-,31-,32-/m0/s1. The number of thiol groups is 1. The normalized spacial score (nSPS) is 16.3. The Bertz CT molecular complexity index is 1680. The molecule has 0 unspecified atom stereocenters. The smallest absolute Gasteiger partial charge is 0.326 e. The minimum Gasteiger partial charge on any atom is -0.489 e. The van der Waals surface area contributed by atoms with Crippen molar-refractivity contribution < 1.29 is 48.5 Å². The summed E-state index contributed by atoms with van der Waals surface area (Å²) in [6.07, 6.45) is -2.87. The van der Waals surface area contributed by atoms with E-state index in [4.69, 9.17) is 14.6 Å². The second-order valence-corrected chi connectivity index (χ2v) is 12.6. The van der Waals surface area contributed by atoms with E-state index >= 15 is 0 Å². The Labute approximate surface area is 306 Å². The summed E-state index contributed by atoms with van der Waals surface area (Å²) in [7, 11) is 0. The van der Waals surface area contributed by atoms with Crippen LogP contribution < -0.4 is 26.0 Å². The van der Waals surface area contributed by atoms with Gasteiger partial charge in [0.2, 0.25) is 11.8 Å². The van der Waals surface area contributed by atoms with Gasteiger partial charge >= 0.3 is 11.9 Å². The van der Waals surface area contributed by atoms with Gasteiger partial charge in [-0.25, -0.2) is 4.79 Å². The lowest BCUT2D eigenvalue weighted by atomic mass is 10.0. The van der Waals surface area contributed by atoms with Gasteiger partial charge in [-0.05, 0) is 41.7 Å². The molecule has 14 nitrogen and oxygen atoms in total. The molecule has 0 spiro atoms. The predicted molar refractivity (Wildman–Crippen MR) is 192 cm³/mol. The first-order chi connectivity index (χ1) is 25.0. The maximum Gasteiger partial charge on any atom is 0.326 e. The van der Waals surface area contributed by atoms with Gasteiger partial charge in [-0.1, -0.05) is 72.8 Å². The Kier molecular flexibility index (Phi) is 15.0. The third kappa shape index (κ3) is 12.7. The van der Waals surface area contributed by atoms with Crippen LogP contribution in [-0.2, 0) is 53.0 Å². The Balaban J connectivity index is 1.34. The van der Waals surface area contributed by atoms with E-state index in [9.17, 15) is 33.9 Å².